The van der Waals surface area contributed by atoms with Crippen LogP contribution in [0, 0.1) is 5.82 Å². The molecule has 1 atom stereocenters. The fourth-order valence-corrected chi connectivity index (χ4v) is 3.96. The third-order valence-electron chi connectivity index (χ3n) is 2.87. The zero-order valence-electron chi connectivity index (χ0n) is 9.51. The average molecular weight is 294 g/mol. The molecule has 1 saturated heterocycles. The van der Waals surface area contributed by atoms with Crippen LogP contribution in [-0.4, -0.2) is 37.0 Å². The molecular weight excluding hydrogens is 281 g/mol. The van der Waals surface area contributed by atoms with Gasteiger partial charge in [0.15, 0.2) is 0 Å². The van der Waals surface area contributed by atoms with E-state index in [1.165, 1.54) is 6.07 Å². The van der Waals surface area contributed by atoms with Crippen LogP contribution in [0.5, 0.6) is 0 Å². The van der Waals surface area contributed by atoms with E-state index >= 15 is 0 Å². The van der Waals surface area contributed by atoms with Gasteiger partial charge in [0.1, 0.15) is 10.7 Å². The molecule has 0 aromatic heterocycles. The third-order valence-corrected chi connectivity index (χ3v) is 5.22. The Hall–Kier alpha value is -0.690. The van der Waals surface area contributed by atoms with E-state index in [4.69, 9.17) is 11.6 Å². The molecule has 0 spiro atoms. The minimum absolute atomic E-state index is 0.0172. The SMILES string of the molecule is O=S(=O)(c1cc(F)ccc1Cl)N1CCCC(O)C1. The molecule has 1 aliphatic rings. The smallest absolute Gasteiger partial charge is 0.244 e. The number of nitrogens with zero attached hydrogens (tertiary/aromatic N) is 1. The van der Waals surface area contributed by atoms with E-state index in [0.717, 1.165) is 16.4 Å². The van der Waals surface area contributed by atoms with Gasteiger partial charge in [-0.15, -0.1) is 0 Å². The number of β-amino-alcohol motifs (C(OH)–C–C–N with tert-alkyl or cyclic N) is 1. The van der Waals surface area contributed by atoms with Gasteiger partial charge in [0.2, 0.25) is 10.0 Å². The fraction of sp³-hybridized carbons (Fsp3) is 0.455. The van der Waals surface area contributed by atoms with E-state index in [1.54, 1.807) is 0 Å². The lowest BCUT2D eigenvalue weighted by Gasteiger charge is -2.29. The van der Waals surface area contributed by atoms with Crippen LogP contribution in [0.15, 0.2) is 23.1 Å². The molecule has 18 heavy (non-hydrogen) atoms. The van der Waals surface area contributed by atoms with Crippen molar-refractivity contribution in [3.8, 4) is 0 Å². The quantitative estimate of drug-likeness (QED) is 0.901. The Balaban J connectivity index is 2.38. The summed E-state index contributed by atoms with van der Waals surface area (Å²) in [7, 11) is -3.85. The molecule has 7 heteroatoms. The highest BCUT2D eigenvalue weighted by atomic mass is 35.5. The van der Waals surface area contributed by atoms with Gasteiger partial charge in [-0.1, -0.05) is 11.6 Å². The van der Waals surface area contributed by atoms with Crippen molar-refractivity contribution in [1.29, 1.82) is 0 Å². The number of hydrogen-bond acceptors (Lipinski definition) is 3. The van der Waals surface area contributed by atoms with Crippen LogP contribution in [0.4, 0.5) is 4.39 Å². The maximum atomic E-state index is 13.1. The minimum Gasteiger partial charge on any atom is -0.392 e. The Morgan fingerprint density at radius 3 is 2.83 bits per heavy atom. The Labute approximate surface area is 110 Å². The molecule has 0 saturated carbocycles. The summed E-state index contributed by atoms with van der Waals surface area (Å²) < 4.78 is 38.8. The number of hydrogen-bond donors (Lipinski definition) is 1. The third kappa shape index (κ3) is 2.66. The van der Waals surface area contributed by atoms with Crippen LogP contribution < -0.4 is 0 Å². The molecular formula is C11H13ClFNO3S. The summed E-state index contributed by atoms with van der Waals surface area (Å²) in [5.74, 6) is -0.657. The second-order valence-corrected chi connectivity index (χ2v) is 6.55. The Morgan fingerprint density at radius 2 is 2.17 bits per heavy atom. The summed E-state index contributed by atoms with van der Waals surface area (Å²) in [6.45, 7) is 0.335. The first-order valence-electron chi connectivity index (χ1n) is 5.54. The van der Waals surface area contributed by atoms with E-state index in [1.807, 2.05) is 0 Å². The number of aliphatic hydroxyl groups excluding tert-OH is 1. The lowest BCUT2D eigenvalue weighted by Crippen LogP contribution is -2.42. The highest BCUT2D eigenvalue weighted by molar-refractivity contribution is 7.89. The lowest BCUT2D eigenvalue weighted by atomic mass is 10.1. The normalized spacial score (nSPS) is 22.1. The minimum atomic E-state index is -3.85. The molecule has 1 heterocycles. The number of halogens is 2. The van der Waals surface area contributed by atoms with Crippen molar-refractivity contribution in [3.05, 3.63) is 29.0 Å². The first-order valence-corrected chi connectivity index (χ1v) is 7.36. The second-order valence-electron chi connectivity index (χ2n) is 4.23. The van der Waals surface area contributed by atoms with Gasteiger partial charge < -0.3 is 5.11 Å². The maximum absolute atomic E-state index is 13.1. The Bertz CT molecular complexity index is 549. The number of sulfonamides is 1. The molecule has 1 aromatic rings. The first kappa shape index (κ1) is 13.7. The molecule has 0 radical (unpaired) electrons. The van der Waals surface area contributed by atoms with Gasteiger partial charge in [-0.2, -0.15) is 4.31 Å². The van der Waals surface area contributed by atoms with E-state index < -0.39 is 21.9 Å². The topological polar surface area (TPSA) is 57.6 Å². The van der Waals surface area contributed by atoms with Gasteiger partial charge in [0, 0.05) is 13.1 Å². The van der Waals surface area contributed by atoms with Crippen molar-refractivity contribution in [1.82, 2.24) is 4.31 Å². The number of rotatable bonds is 2. The fourth-order valence-electron chi connectivity index (χ4n) is 1.95. The second kappa shape index (κ2) is 5.13. The average Bonchev–Trinajstić information content (AvgIpc) is 2.32. The maximum Gasteiger partial charge on any atom is 0.244 e. The van der Waals surface area contributed by atoms with Crippen LogP contribution in [0.25, 0.3) is 0 Å². The zero-order valence-corrected chi connectivity index (χ0v) is 11.1. The standard InChI is InChI=1S/C11H13ClFNO3S/c12-10-4-3-8(13)6-11(10)18(16,17)14-5-1-2-9(15)7-14/h3-4,6,9,15H,1-2,5,7H2. The summed E-state index contributed by atoms with van der Waals surface area (Å²) in [5.41, 5.74) is 0. The summed E-state index contributed by atoms with van der Waals surface area (Å²) in [5, 5.41) is 9.48. The van der Waals surface area contributed by atoms with Crippen molar-refractivity contribution in [2.45, 2.75) is 23.8 Å². The molecule has 1 N–H and O–H groups in total. The Morgan fingerprint density at radius 1 is 1.44 bits per heavy atom. The number of aliphatic hydroxyl groups is 1. The highest BCUT2D eigenvalue weighted by Gasteiger charge is 2.31. The van der Waals surface area contributed by atoms with Crippen LogP contribution in [0.3, 0.4) is 0 Å². The van der Waals surface area contributed by atoms with E-state index in [0.29, 0.717) is 19.4 Å². The van der Waals surface area contributed by atoms with Crippen molar-refractivity contribution in [3.63, 3.8) is 0 Å². The van der Waals surface area contributed by atoms with E-state index in [9.17, 15) is 17.9 Å². The Kier molecular flexibility index (Phi) is 3.91. The van der Waals surface area contributed by atoms with Gasteiger partial charge in [0.05, 0.1) is 11.1 Å². The molecule has 0 aliphatic carbocycles. The highest BCUT2D eigenvalue weighted by Crippen LogP contribution is 2.27. The largest absolute Gasteiger partial charge is 0.392 e. The predicted octanol–water partition coefficient (Wildman–Crippen LogP) is 1.62. The number of piperidine rings is 1. The molecule has 1 fully saturated rings. The van der Waals surface area contributed by atoms with Gasteiger partial charge >= 0.3 is 0 Å². The summed E-state index contributed by atoms with van der Waals surface area (Å²) in [6, 6.07) is 3.22. The summed E-state index contributed by atoms with van der Waals surface area (Å²) in [4.78, 5) is -0.252. The summed E-state index contributed by atoms with van der Waals surface area (Å²) in [6.07, 6.45) is 0.469. The molecule has 1 aromatic carbocycles. The van der Waals surface area contributed by atoms with Crippen LogP contribution >= 0.6 is 11.6 Å². The molecule has 1 aliphatic heterocycles. The zero-order chi connectivity index (χ0) is 13.3. The van der Waals surface area contributed by atoms with Crippen LogP contribution in [-0.2, 0) is 10.0 Å². The van der Waals surface area contributed by atoms with Crippen LogP contribution in [0.1, 0.15) is 12.8 Å². The monoisotopic (exact) mass is 293 g/mol. The van der Waals surface area contributed by atoms with Gasteiger partial charge in [-0.25, -0.2) is 12.8 Å². The van der Waals surface area contributed by atoms with E-state index in [2.05, 4.69) is 0 Å². The molecule has 100 valence electrons. The van der Waals surface area contributed by atoms with Crippen molar-refractivity contribution < 1.29 is 17.9 Å². The van der Waals surface area contributed by atoms with Gasteiger partial charge in [0.25, 0.3) is 0 Å². The van der Waals surface area contributed by atoms with Crippen molar-refractivity contribution in [2.75, 3.05) is 13.1 Å². The lowest BCUT2D eigenvalue weighted by molar-refractivity contribution is 0.108. The van der Waals surface area contributed by atoms with Gasteiger partial charge in [-0.05, 0) is 31.0 Å². The molecule has 2 rings (SSSR count). The summed E-state index contributed by atoms with van der Waals surface area (Å²) >= 11 is 5.80. The van der Waals surface area contributed by atoms with Gasteiger partial charge in [-0.3, -0.25) is 0 Å². The number of benzene rings is 1. The molecule has 4 nitrogen and oxygen atoms in total. The van der Waals surface area contributed by atoms with E-state index in [-0.39, 0.29) is 16.5 Å². The molecule has 0 amide bonds. The predicted molar refractivity (Wildman–Crippen MR) is 65.4 cm³/mol. The van der Waals surface area contributed by atoms with Crippen molar-refractivity contribution in [2.24, 2.45) is 0 Å². The molecule has 0 bridgehead atoms. The van der Waals surface area contributed by atoms with Crippen LogP contribution in [0.2, 0.25) is 5.02 Å². The van der Waals surface area contributed by atoms with Crippen molar-refractivity contribution >= 4 is 21.6 Å². The molecule has 1 unspecified atom stereocenters. The first-order chi connectivity index (χ1) is 8.41.